The number of hydrogen-bond donors (Lipinski definition) is 2. The molecule has 1 aliphatic rings. The van der Waals surface area contributed by atoms with Gasteiger partial charge in [0.2, 0.25) is 0 Å². The lowest BCUT2D eigenvalue weighted by Crippen LogP contribution is -2.40. The SMILES string of the molecule is CC1CC(NCCc2cnc[nH]2)CC(C)(C)C1. The van der Waals surface area contributed by atoms with Crippen molar-refractivity contribution < 1.29 is 0 Å². The van der Waals surface area contributed by atoms with E-state index in [0.717, 1.165) is 18.9 Å². The highest BCUT2D eigenvalue weighted by atomic mass is 14.9. The first-order chi connectivity index (χ1) is 8.05. The van der Waals surface area contributed by atoms with Gasteiger partial charge in [0.15, 0.2) is 0 Å². The lowest BCUT2D eigenvalue weighted by molar-refractivity contribution is 0.152. The Labute approximate surface area is 104 Å². The highest BCUT2D eigenvalue weighted by molar-refractivity contribution is 4.95. The number of H-pyrrole nitrogens is 1. The van der Waals surface area contributed by atoms with Crippen LogP contribution in [0.25, 0.3) is 0 Å². The van der Waals surface area contributed by atoms with Crippen molar-refractivity contribution in [2.45, 2.75) is 52.5 Å². The third-order valence-electron chi connectivity index (χ3n) is 3.77. The van der Waals surface area contributed by atoms with E-state index < -0.39 is 0 Å². The lowest BCUT2D eigenvalue weighted by atomic mass is 9.70. The molecule has 0 bridgehead atoms. The van der Waals surface area contributed by atoms with Crippen LogP contribution in [-0.4, -0.2) is 22.6 Å². The van der Waals surface area contributed by atoms with Crippen LogP contribution in [-0.2, 0) is 6.42 Å². The molecule has 0 saturated heterocycles. The van der Waals surface area contributed by atoms with Crippen molar-refractivity contribution in [3.63, 3.8) is 0 Å². The zero-order valence-electron chi connectivity index (χ0n) is 11.3. The Balaban J connectivity index is 1.75. The van der Waals surface area contributed by atoms with E-state index >= 15 is 0 Å². The average Bonchev–Trinajstić information content (AvgIpc) is 2.67. The quantitative estimate of drug-likeness (QED) is 0.842. The molecule has 2 atom stereocenters. The monoisotopic (exact) mass is 235 g/mol. The largest absolute Gasteiger partial charge is 0.348 e. The maximum absolute atomic E-state index is 4.04. The molecule has 0 spiro atoms. The van der Waals surface area contributed by atoms with Gasteiger partial charge < -0.3 is 10.3 Å². The molecule has 17 heavy (non-hydrogen) atoms. The summed E-state index contributed by atoms with van der Waals surface area (Å²) < 4.78 is 0. The minimum absolute atomic E-state index is 0.503. The van der Waals surface area contributed by atoms with Crippen LogP contribution < -0.4 is 5.32 Å². The molecule has 0 amide bonds. The van der Waals surface area contributed by atoms with Crippen LogP contribution in [0.4, 0.5) is 0 Å². The third-order valence-corrected chi connectivity index (χ3v) is 3.77. The summed E-state index contributed by atoms with van der Waals surface area (Å²) in [5, 5.41) is 3.70. The number of rotatable bonds is 4. The number of imidazole rings is 1. The van der Waals surface area contributed by atoms with Crippen LogP contribution >= 0.6 is 0 Å². The van der Waals surface area contributed by atoms with Crippen molar-refractivity contribution >= 4 is 0 Å². The zero-order valence-corrected chi connectivity index (χ0v) is 11.3. The summed E-state index contributed by atoms with van der Waals surface area (Å²) in [6.45, 7) is 8.22. The van der Waals surface area contributed by atoms with E-state index in [-0.39, 0.29) is 0 Å². The van der Waals surface area contributed by atoms with Gasteiger partial charge in [-0.05, 0) is 30.6 Å². The van der Waals surface area contributed by atoms with Gasteiger partial charge in [0.05, 0.1) is 6.33 Å². The van der Waals surface area contributed by atoms with E-state index in [2.05, 4.69) is 36.1 Å². The Bertz CT molecular complexity index is 329. The Hall–Kier alpha value is -0.830. The van der Waals surface area contributed by atoms with Gasteiger partial charge in [-0.3, -0.25) is 0 Å². The number of aromatic amines is 1. The predicted molar refractivity (Wildman–Crippen MR) is 70.9 cm³/mol. The molecular weight excluding hydrogens is 210 g/mol. The van der Waals surface area contributed by atoms with Gasteiger partial charge in [0, 0.05) is 30.9 Å². The second kappa shape index (κ2) is 5.21. The topological polar surface area (TPSA) is 40.7 Å². The van der Waals surface area contributed by atoms with E-state index in [9.17, 15) is 0 Å². The summed E-state index contributed by atoms with van der Waals surface area (Å²) in [5.41, 5.74) is 1.73. The van der Waals surface area contributed by atoms with Gasteiger partial charge in [-0.2, -0.15) is 0 Å². The predicted octanol–water partition coefficient (Wildman–Crippen LogP) is 2.76. The van der Waals surface area contributed by atoms with E-state index in [1.54, 1.807) is 6.33 Å². The molecular formula is C14H25N3. The van der Waals surface area contributed by atoms with Crippen LogP contribution in [0.3, 0.4) is 0 Å². The standard InChI is InChI=1S/C14H25N3/c1-11-6-13(8-14(2,3)7-11)16-5-4-12-9-15-10-17-12/h9-11,13,16H,4-8H2,1-3H3,(H,15,17). The highest BCUT2D eigenvalue weighted by Crippen LogP contribution is 2.38. The van der Waals surface area contributed by atoms with Gasteiger partial charge in [-0.25, -0.2) is 4.98 Å². The molecule has 3 nitrogen and oxygen atoms in total. The number of aromatic nitrogens is 2. The second-order valence-electron chi connectivity index (χ2n) is 6.39. The first kappa shape index (κ1) is 12.6. The molecule has 1 aromatic heterocycles. The van der Waals surface area contributed by atoms with Crippen molar-refractivity contribution in [1.82, 2.24) is 15.3 Å². The summed E-state index contributed by atoms with van der Waals surface area (Å²) >= 11 is 0. The first-order valence-corrected chi connectivity index (χ1v) is 6.76. The van der Waals surface area contributed by atoms with E-state index in [1.807, 2.05) is 6.20 Å². The van der Waals surface area contributed by atoms with Crippen molar-refractivity contribution in [3.8, 4) is 0 Å². The third kappa shape index (κ3) is 3.84. The molecule has 0 aliphatic heterocycles. The Morgan fingerprint density at radius 1 is 1.47 bits per heavy atom. The van der Waals surface area contributed by atoms with Gasteiger partial charge in [0.1, 0.15) is 0 Å². The smallest absolute Gasteiger partial charge is 0.0921 e. The lowest BCUT2D eigenvalue weighted by Gasteiger charge is -2.39. The fourth-order valence-corrected chi connectivity index (χ4v) is 3.33. The van der Waals surface area contributed by atoms with E-state index in [0.29, 0.717) is 11.5 Å². The van der Waals surface area contributed by atoms with Crippen LogP contribution in [0.15, 0.2) is 12.5 Å². The van der Waals surface area contributed by atoms with Crippen molar-refractivity contribution in [3.05, 3.63) is 18.2 Å². The number of hydrogen-bond acceptors (Lipinski definition) is 2. The maximum Gasteiger partial charge on any atom is 0.0921 e. The fourth-order valence-electron chi connectivity index (χ4n) is 3.33. The van der Waals surface area contributed by atoms with Crippen LogP contribution in [0.1, 0.15) is 45.7 Å². The van der Waals surface area contributed by atoms with Gasteiger partial charge >= 0.3 is 0 Å². The summed E-state index contributed by atoms with van der Waals surface area (Å²) in [6.07, 6.45) is 8.71. The molecule has 0 aromatic carbocycles. The summed E-state index contributed by atoms with van der Waals surface area (Å²) in [4.78, 5) is 7.19. The molecule has 2 rings (SSSR count). The second-order valence-corrected chi connectivity index (χ2v) is 6.39. The summed E-state index contributed by atoms with van der Waals surface area (Å²) in [6, 6.07) is 0.691. The summed E-state index contributed by atoms with van der Waals surface area (Å²) in [5.74, 6) is 0.850. The molecule has 1 fully saturated rings. The van der Waals surface area contributed by atoms with Gasteiger partial charge in [-0.1, -0.05) is 20.8 Å². The molecule has 0 radical (unpaired) electrons. The molecule has 2 N–H and O–H groups in total. The van der Waals surface area contributed by atoms with Crippen LogP contribution in [0, 0.1) is 11.3 Å². The van der Waals surface area contributed by atoms with Gasteiger partial charge in [-0.15, -0.1) is 0 Å². The van der Waals surface area contributed by atoms with Crippen molar-refractivity contribution in [2.75, 3.05) is 6.54 Å². The zero-order chi connectivity index (χ0) is 12.3. The first-order valence-electron chi connectivity index (χ1n) is 6.76. The Morgan fingerprint density at radius 2 is 2.29 bits per heavy atom. The van der Waals surface area contributed by atoms with E-state index in [4.69, 9.17) is 0 Å². The number of nitrogens with one attached hydrogen (secondary N) is 2. The average molecular weight is 235 g/mol. The molecule has 1 aliphatic carbocycles. The maximum atomic E-state index is 4.04. The highest BCUT2D eigenvalue weighted by Gasteiger charge is 2.31. The Kier molecular flexibility index (Phi) is 3.87. The minimum atomic E-state index is 0.503. The molecule has 1 saturated carbocycles. The molecule has 96 valence electrons. The van der Waals surface area contributed by atoms with Crippen LogP contribution in [0.5, 0.6) is 0 Å². The molecule has 1 aromatic rings. The Morgan fingerprint density at radius 3 is 2.94 bits per heavy atom. The minimum Gasteiger partial charge on any atom is -0.348 e. The van der Waals surface area contributed by atoms with E-state index in [1.165, 1.54) is 25.0 Å². The summed E-state index contributed by atoms with van der Waals surface area (Å²) in [7, 11) is 0. The molecule has 3 heteroatoms. The van der Waals surface area contributed by atoms with Crippen LogP contribution in [0.2, 0.25) is 0 Å². The molecule has 2 unspecified atom stereocenters. The number of nitrogens with zero attached hydrogens (tertiary/aromatic N) is 1. The normalized spacial score (nSPS) is 28.2. The van der Waals surface area contributed by atoms with Crippen molar-refractivity contribution in [2.24, 2.45) is 11.3 Å². The fraction of sp³-hybridized carbons (Fsp3) is 0.786. The van der Waals surface area contributed by atoms with Gasteiger partial charge in [0.25, 0.3) is 0 Å². The van der Waals surface area contributed by atoms with Crippen molar-refractivity contribution in [1.29, 1.82) is 0 Å². The molecule has 1 heterocycles.